The predicted octanol–water partition coefficient (Wildman–Crippen LogP) is 4.27. The molecule has 8 nitrogen and oxygen atoms in total. The van der Waals surface area contributed by atoms with E-state index in [2.05, 4.69) is 69.0 Å². The Kier molecular flexibility index (Phi) is 7.36. The molecule has 0 saturated heterocycles. The van der Waals surface area contributed by atoms with Crippen molar-refractivity contribution in [3.8, 4) is 11.1 Å². The largest absolute Gasteiger partial charge is 0.394 e. The molecule has 1 aliphatic carbocycles. The fraction of sp³-hybridized carbons (Fsp3) is 0.321. The minimum atomic E-state index is -0.696. The van der Waals surface area contributed by atoms with Crippen molar-refractivity contribution in [2.45, 2.75) is 50.4 Å². The molecular weight excluding hydrogens is 454 g/mol. The van der Waals surface area contributed by atoms with E-state index in [9.17, 15) is 10.2 Å². The Morgan fingerprint density at radius 2 is 1.81 bits per heavy atom. The highest BCUT2D eigenvalue weighted by atomic mass is 16.5. The summed E-state index contributed by atoms with van der Waals surface area (Å²) >= 11 is 0. The Labute approximate surface area is 210 Å². The molecule has 186 valence electrons. The van der Waals surface area contributed by atoms with Crippen LogP contribution in [-0.2, 0) is 6.54 Å². The SMILES string of the molecule is C[C@H](O)c1nccn1C(/C=C/c1ccc(-c2ccc(C3CC(NCc4ncon4)C3)cc2)cc1)CO. The Hall–Kier alpha value is -3.59. The number of aliphatic hydroxyl groups is 2. The summed E-state index contributed by atoms with van der Waals surface area (Å²) < 4.78 is 6.57. The van der Waals surface area contributed by atoms with Crippen molar-refractivity contribution in [3.05, 3.63) is 96.2 Å². The second-order valence-electron chi connectivity index (χ2n) is 9.32. The molecule has 1 fully saturated rings. The molecule has 0 bridgehead atoms. The maximum atomic E-state index is 9.89. The van der Waals surface area contributed by atoms with Gasteiger partial charge in [0.25, 0.3) is 0 Å². The van der Waals surface area contributed by atoms with Gasteiger partial charge >= 0.3 is 0 Å². The highest BCUT2D eigenvalue weighted by molar-refractivity contribution is 5.66. The molecule has 0 amide bonds. The summed E-state index contributed by atoms with van der Waals surface area (Å²) in [6.07, 6.45) is 10.2. The number of imidazole rings is 1. The van der Waals surface area contributed by atoms with Crippen molar-refractivity contribution in [1.82, 2.24) is 25.0 Å². The summed E-state index contributed by atoms with van der Waals surface area (Å²) in [6, 6.07) is 17.4. The number of rotatable bonds is 10. The molecule has 5 rings (SSSR count). The Morgan fingerprint density at radius 3 is 2.44 bits per heavy atom. The zero-order chi connectivity index (χ0) is 24.9. The molecule has 0 radical (unpaired) electrons. The number of hydrogen-bond acceptors (Lipinski definition) is 7. The maximum Gasteiger partial charge on any atom is 0.213 e. The molecule has 2 atom stereocenters. The molecule has 4 aromatic rings. The first-order valence-corrected chi connectivity index (χ1v) is 12.3. The third kappa shape index (κ3) is 5.46. The molecule has 1 unspecified atom stereocenters. The van der Waals surface area contributed by atoms with Crippen molar-refractivity contribution >= 4 is 6.08 Å². The van der Waals surface area contributed by atoms with Crippen LogP contribution in [0.5, 0.6) is 0 Å². The maximum absolute atomic E-state index is 9.89. The van der Waals surface area contributed by atoms with Crippen molar-refractivity contribution in [3.63, 3.8) is 0 Å². The fourth-order valence-corrected chi connectivity index (χ4v) is 4.69. The number of nitrogens with zero attached hydrogens (tertiary/aromatic N) is 4. The number of benzene rings is 2. The van der Waals surface area contributed by atoms with Gasteiger partial charge in [-0.3, -0.25) is 0 Å². The summed E-state index contributed by atoms with van der Waals surface area (Å²) in [5, 5.41) is 27.1. The van der Waals surface area contributed by atoms with Crippen LogP contribution in [0.4, 0.5) is 0 Å². The standard InChI is InChI=1S/C28H31N5O3/c1-19(35)28-29-12-13-33(28)26(17-34)11-4-20-2-5-21(6-3-20)22-7-9-23(10-8-22)24-14-25(15-24)30-16-27-31-18-36-32-27/h2-13,18-19,24-26,30,34-35H,14-17H2,1H3/b11-4+/t19-,24?,25?,26?/m0/s1. The molecule has 2 aromatic carbocycles. The molecule has 3 N–H and O–H groups in total. The summed E-state index contributed by atoms with van der Waals surface area (Å²) in [7, 11) is 0. The van der Waals surface area contributed by atoms with Crippen LogP contribution in [0.15, 0.2) is 77.9 Å². The second-order valence-corrected chi connectivity index (χ2v) is 9.32. The number of hydrogen-bond donors (Lipinski definition) is 3. The van der Waals surface area contributed by atoms with E-state index in [-0.39, 0.29) is 12.6 Å². The normalized spacial score (nSPS) is 19.3. The lowest BCUT2D eigenvalue weighted by Gasteiger charge is -2.36. The highest BCUT2D eigenvalue weighted by Crippen LogP contribution is 2.37. The van der Waals surface area contributed by atoms with Gasteiger partial charge in [0.2, 0.25) is 6.39 Å². The van der Waals surface area contributed by atoms with E-state index in [0.717, 1.165) is 24.0 Å². The molecule has 2 heterocycles. The van der Waals surface area contributed by atoms with Crippen molar-refractivity contribution in [1.29, 1.82) is 0 Å². The fourth-order valence-electron chi connectivity index (χ4n) is 4.69. The van der Waals surface area contributed by atoms with Gasteiger partial charge in [0.1, 0.15) is 11.9 Å². The average molecular weight is 486 g/mol. The minimum Gasteiger partial charge on any atom is -0.394 e. The lowest BCUT2D eigenvalue weighted by Crippen LogP contribution is -2.39. The zero-order valence-electron chi connectivity index (χ0n) is 20.2. The summed E-state index contributed by atoms with van der Waals surface area (Å²) in [6.45, 7) is 2.24. The molecule has 1 saturated carbocycles. The number of nitrogens with one attached hydrogen (secondary N) is 1. The number of aliphatic hydroxyl groups excluding tert-OH is 2. The first kappa shape index (κ1) is 24.1. The quantitative estimate of drug-likeness (QED) is 0.308. The predicted molar refractivity (Wildman–Crippen MR) is 137 cm³/mol. The van der Waals surface area contributed by atoms with E-state index in [1.165, 1.54) is 17.5 Å². The highest BCUT2D eigenvalue weighted by Gasteiger charge is 2.30. The van der Waals surface area contributed by atoms with Gasteiger partial charge in [0.05, 0.1) is 19.2 Å². The first-order valence-electron chi connectivity index (χ1n) is 12.3. The van der Waals surface area contributed by atoms with Gasteiger partial charge in [0.15, 0.2) is 5.82 Å². The van der Waals surface area contributed by atoms with Crippen LogP contribution in [0.2, 0.25) is 0 Å². The van der Waals surface area contributed by atoms with Crippen LogP contribution >= 0.6 is 0 Å². The Morgan fingerprint density at radius 1 is 1.08 bits per heavy atom. The summed E-state index contributed by atoms with van der Waals surface area (Å²) in [4.78, 5) is 8.23. The van der Waals surface area contributed by atoms with Gasteiger partial charge in [-0.2, -0.15) is 4.98 Å². The van der Waals surface area contributed by atoms with Crippen LogP contribution in [0.25, 0.3) is 17.2 Å². The van der Waals surface area contributed by atoms with E-state index in [1.54, 1.807) is 23.9 Å². The molecule has 36 heavy (non-hydrogen) atoms. The van der Waals surface area contributed by atoms with E-state index >= 15 is 0 Å². The lowest BCUT2D eigenvalue weighted by atomic mass is 9.75. The van der Waals surface area contributed by atoms with Crippen LogP contribution in [0.3, 0.4) is 0 Å². The van der Waals surface area contributed by atoms with E-state index in [1.807, 2.05) is 12.2 Å². The second kappa shape index (κ2) is 11.0. The Balaban J connectivity index is 1.16. The lowest BCUT2D eigenvalue weighted by molar-refractivity contribution is 0.175. The molecule has 2 aromatic heterocycles. The van der Waals surface area contributed by atoms with Gasteiger partial charge in [0, 0.05) is 18.4 Å². The zero-order valence-corrected chi connectivity index (χ0v) is 20.2. The first-order chi connectivity index (χ1) is 17.6. The van der Waals surface area contributed by atoms with Crippen LogP contribution < -0.4 is 5.32 Å². The van der Waals surface area contributed by atoms with Crippen LogP contribution in [0.1, 0.15) is 60.6 Å². The smallest absolute Gasteiger partial charge is 0.213 e. The molecule has 0 spiro atoms. The molecule has 1 aliphatic rings. The van der Waals surface area contributed by atoms with Gasteiger partial charge in [-0.25, -0.2) is 4.98 Å². The molecular formula is C28H31N5O3. The monoisotopic (exact) mass is 485 g/mol. The third-order valence-electron chi connectivity index (χ3n) is 6.85. The van der Waals surface area contributed by atoms with Crippen molar-refractivity contribution < 1.29 is 14.7 Å². The van der Waals surface area contributed by atoms with Gasteiger partial charge < -0.3 is 24.6 Å². The third-order valence-corrected chi connectivity index (χ3v) is 6.85. The summed E-state index contributed by atoms with van der Waals surface area (Å²) in [5.74, 6) is 1.81. The van der Waals surface area contributed by atoms with Crippen LogP contribution in [0, 0.1) is 0 Å². The van der Waals surface area contributed by atoms with E-state index < -0.39 is 6.10 Å². The van der Waals surface area contributed by atoms with Crippen molar-refractivity contribution in [2.75, 3.05) is 6.61 Å². The molecule has 0 aliphatic heterocycles. The summed E-state index contributed by atoms with van der Waals surface area (Å²) in [5.41, 5.74) is 4.77. The van der Waals surface area contributed by atoms with E-state index in [0.29, 0.717) is 30.2 Å². The number of aromatic nitrogens is 4. The van der Waals surface area contributed by atoms with Gasteiger partial charge in [-0.15, -0.1) is 0 Å². The minimum absolute atomic E-state index is 0.0758. The Bertz CT molecular complexity index is 1260. The van der Waals surface area contributed by atoms with Crippen LogP contribution in [-0.4, -0.2) is 42.6 Å². The molecule has 8 heteroatoms. The van der Waals surface area contributed by atoms with E-state index in [4.69, 9.17) is 4.52 Å². The van der Waals surface area contributed by atoms with Gasteiger partial charge in [-0.1, -0.05) is 65.8 Å². The topological polar surface area (TPSA) is 109 Å². The van der Waals surface area contributed by atoms with Gasteiger partial charge in [-0.05, 0) is 47.9 Å². The average Bonchev–Trinajstić information content (AvgIpc) is 3.57. The van der Waals surface area contributed by atoms with Crippen molar-refractivity contribution in [2.24, 2.45) is 0 Å².